The van der Waals surface area contributed by atoms with Gasteiger partial charge in [0.25, 0.3) is 0 Å². The summed E-state index contributed by atoms with van der Waals surface area (Å²) in [6.07, 6.45) is 43.9. The van der Waals surface area contributed by atoms with Crippen LogP contribution < -0.4 is 0 Å². The van der Waals surface area contributed by atoms with Crippen molar-refractivity contribution in [3.63, 3.8) is 0 Å². The van der Waals surface area contributed by atoms with Crippen molar-refractivity contribution in [2.75, 3.05) is 13.2 Å². The molecule has 0 aromatic carbocycles. The van der Waals surface area contributed by atoms with Gasteiger partial charge in [-0.05, 0) is 37.0 Å². The Morgan fingerprint density at radius 3 is 0.881 bits per heavy atom. The molecular weight excluding hydrogens is 733 g/mol. The molecule has 59 heavy (non-hydrogen) atoms. The van der Waals surface area contributed by atoms with Gasteiger partial charge in [-0.25, -0.2) is 0 Å². The number of carbonyl (C=O) groups excluding carboxylic acids is 3. The topological polar surface area (TPSA) is 78.9 Å². The molecule has 0 rings (SSSR count). The van der Waals surface area contributed by atoms with E-state index in [4.69, 9.17) is 14.2 Å². The van der Waals surface area contributed by atoms with E-state index in [1.54, 1.807) is 0 Å². The third kappa shape index (κ3) is 45.8. The average molecular weight is 835 g/mol. The molecule has 0 aromatic rings. The van der Waals surface area contributed by atoms with Gasteiger partial charge in [0, 0.05) is 19.3 Å². The Morgan fingerprint density at radius 1 is 0.339 bits per heavy atom. The minimum absolute atomic E-state index is 0.0656. The van der Waals surface area contributed by atoms with Crippen LogP contribution in [0.25, 0.3) is 0 Å². The van der Waals surface area contributed by atoms with E-state index in [-0.39, 0.29) is 31.1 Å². The largest absolute Gasteiger partial charge is 0.462 e. The van der Waals surface area contributed by atoms with E-state index in [2.05, 4.69) is 41.5 Å². The first-order chi connectivity index (χ1) is 28.6. The van der Waals surface area contributed by atoms with E-state index < -0.39 is 6.10 Å². The average Bonchev–Trinajstić information content (AvgIpc) is 3.20. The molecular formula is C53H102O6. The standard InChI is InChI=1S/C53H102O6/c1-7-49(6)41-35-29-22-18-15-16-20-24-31-37-43-52(55)58-46-50(59-53(56)44-38-32-26-25-28-34-40-48(4)5)45-57-51(54)42-36-30-23-19-14-12-10-8-9-11-13-17-21-27-33-39-47(2)3/h47-50H,7-46H2,1-6H3/t49?,50-/m1/s1. The molecule has 0 saturated carbocycles. The zero-order valence-corrected chi connectivity index (χ0v) is 40.5. The quantitative estimate of drug-likeness (QED) is 0.0345. The minimum atomic E-state index is -0.763. The predicted octanol–water partition coefficient (Wildman–Crippen LogP) is 16.8. The van der Waals surface area contributed by atoms with Crippen LogP contribution in [0.2, 0.25) is 0 Å². The Labute approximate surface area is 368 Å². The second kappa shape index (κ2) is 44.5. The van der Waals surface area contributed by atoms with Gasteiger partial charge in [-0.1, -0.05) is 247 Å². The van der Waals surface area contributed by atoms with Crippen LogP contribution in [0.15, 0.2) is 0 Å². The lowest BCUT2D eigenvalue weighted by Crippen LogP contribution is -2.30. The minimum Gasteiger partial charge on any atom is -0.462 e. The summed E-state index contributed by atoms with van der Waals surface area (Å²) in [5, 5.41) is 0. The zero-order chi connectivity index (χ0) is 43.4. The van der Waals surface area contributed by atoms with Crippen molar-refractivity contribution in [1.29, 1.82) is 0 Å². The molecule has 6 heteroatoms. The third-order valence-corrected chi connectivity index (χ3v) is 12.3. The van der Waals surface area contributed by atoms with E-state index >= 15 is 0 Å². The molecule has 6 nitrogen and oxygen atoms in total. The summed E-state index contributed by atoms with van der Waals surface area (Å²) >= 11 is 0. The van der Waals surface area contributed by atoms with Crippen molar-refractivity contribution in [3.8, 4) is 0 Å². The van der Waals surface area contributed by atoms with Crippen molar-refractivity contribution in [2.24, 2.45) is 17.8 Å². The number of carbonyl (C=O) groups is 3. The Bertz CT molecular complexity index is 916. The molecule has 2 atom stereocenters. The summed E-state index contributed by atoms with van der Waals surface area (Å²) in [5.41, 5.74) is 0. The molecule has 0 fully saturated rings. The van der Waals surface area contributed by atoms with Gasteiger partial charge in [0.15, 0.2) is 6.10 Å². The van der Waals surface area contributed by atoms with Gasteiger partial charge in [-0.15, -0.1) is 0 Å². The Balaban J connectivity index is 4.23. The number of esters is 3. The van der Waals surface area contributed by atoms with Crippen molar-refractivity contribution in [3.05, 3.63) is 0 Å². The van der Waals surface area contributed by atoms with Crippen LogP contribution in [-0.4, -0.2) is 37.2 Å². The van der Waals surface area contributed by atoms with Crippen LogP contribution >= 0.6 is 0 Å². The molecule has 0 aliphatic rings. The molecule has 350 valence electrons. The molecule has 0 bridgehead atoms. The van der Waals surface area contributed by atoms with Crippen LogP contribution in [0, 0.1) is 17.8 Å². The van der Waals surface area contributed by atoms with E-state index in [0.717, 1.165) is 75.5 Å². The highest BCUT2D eigenvalue weighted by Crippen LogP contribution is 2.18. The highest BCUT2D eigenvalue weighted by Gasteiger charge is 2.19. The molecule has 0 radical (unpaired) electrons. The first-order valence-electron chi connectivity index (χ1n) is 26.1. The summed E-state index contributed by atoms with van der Waals surface area (Å²) < 4.78 is 16.8. The highest BCUT2D eigenvalue weighted by atomic mass is 16.6. The maximum absolute atomic E-state index is 12.7. The van der Waals surface area contributed by atoms with Gasteiger partial charge in [0.05, 0.1) is 0 Å². The van der Waals surface area contributed by atoms with Crippen molar-refractivity contribution in [2.45, 2.75) is 292 Å². The van der Waals surface area contributed by atoms with E-state index in [1.807, 2.05) is 0 Å². The lowest BCUT2D eigenvalue weighted by molar-refractivity contribution is -0.167. The van der Waals surface area contributed by atoms with E-state index in [9.17, 15) is 14.4 Å². The van der Waals surface area contributed by atoms with Crippen molar-refractivity contribution in [1.82, 2.24) is 0 Å². The predicted molar refractivity (Wildman–Crippen MR) is 252 cm³/mol. The van der Waals surface area contributed by atoms with Gasteiger partial charge >= 0.3 is 17.9 Å². The Morgan fingerprint density at radius 2 is 0.593 bits per heavy atom. The first-order valence-corrected chi connectivity index (χ1v) is 26.1. The Hall–Kier alpha value is -1.59. The number of rotatable bonds is 46. The van der Waals surface area contributed by atoms with E-state index in [1.165, 1.54) is 167 Å². The Kier molecular flexibility index (Phi) is 43.3. The smallest absolute Gasteiger partial charge is 0.306 e. The van der Waals surface area contributed by atoms with Crippen LogP contribution in [0.4, 0.5) is 0 Å². The van der Waals surface area contributed by atoms with Crippen molar-refractivity contribution < 1.29 is 28.6 Å². The summed E-state index contributed by atoms with van der Waals surface area (Å²) in [6, 6.07) is 0. The summed E-state index contributed by atoms with van der Waals surface area (Å²) in [6.45, 7) is 13.7. The van der Waals surface area contributed by atoms with Gasteiger partial charge in [0.2, 0.25) is 0 Å². The summed E-state index contributed by atoms with van der Waals surface area (Å²) in [4.78, 5) is 37.9. The first kappa shape index (κ1) is 57.4. The van der Waals surface area contributed by atoms with Crippen LogP contribution in [-0.2, 0) is 28.6 Å². The lowest BCUT2D eigenvalue weighted by atomic mass is 9.99. The van der Waals surface area contributed by atoms with Gasteiger partial charge in [0.1, 0.15) is 13.2 Å². The van der Waals surface area contributed by atoms with Gasteiger partial charge < -0.3 is 14.2 Å². The van der Waals surface area contributed by atoms with Gasteiger partial charge in [-0.2, -0.15) is 0 Å². The van der Waals surface area contributed by atoms with Crippen LogP contribution in [0.3, 0.4) is 0 Å². The number of ether oxygens (including phenoxy) is 3. The molecule has 0 aliphatic carbocycles. The lowest BCUT2D eigenvalue weighted by Gasteiger charge is -2.18. The molecule has 0 amide bonds. The fourth-order valence-corrected chi connectivity index (χ4v) is 7.91. The maximum atomic E-state index is 12.7. The maximum Gasteiger partial charge on any atom is 0.306 e. The normalized spacial score (nSPS) is 12.6. The summed E-state index contributed by atoms with van der Waals surface area (Å²) in [5.74, 6) is 1.62. The fourth-order valence-electron chi connectivity index (χ4n) is 7.91. The van der Waals surface area contributed by atoms with Gasteiger partial charge in [-0.3, -0.25) is 14.4 Å². The molecule has 0 N–H and O–H groups in total. The van der Waals surface area contributed by atoms with Crippen LogP contribution in [0.1, 0.15) is 286 Å². The molecule has 0 aliphatic heterocycles. The second-order valence-corrected chi connectivity index (χ2v) is 19.4. The molecule has 1 unspecified atom stereocenters. The monoisotopic (exact) mass is 835 g/mol. The molecule has 0 saturated heterocycles. The number of hydrogen-bond acceptors (Lipinski definition) is 6. The van der Waals surface area contributed by atoms with Crippen LogP contribution in [0.5, 0.6) is 0 Å². The third-order valence-electron chi connectivity index (χ3n) is 12.3. The number of unbranched alkanes of at least 4 members (excludes halogenated alkanes) is 28. The number of hydrogen-bond donors (Lipinski definition) is 0. The molecule has 0 aromatic heterocycles. The fraction of sp³-hybridized carbons (Fsp3) is 0.943. The highest BCUT2D eigenvalue weighted by molar-refractivity contribution is 5.71. The molecule has 0 spiro atoms. The van der Waals surface area contributed by atoms with Crippen molar-refractivity contribution >= 4 is 17.9 Å². The zero-order valence-electron chi connectivity index (χ0n) is 40.5. The second-order valence-electron chi connectivity index (χ2n) is 19.4. The van der Waals surface area contributed by atoms with E-state index in [0.29, 0.717) is 19.3 Å². The SMILES string of the molecule is CCC(C)CCCCCCCCCCCCC(=O)OC[C@@H](COC(=O)CCCCCCCCCCCCCCCCCC(C)C)OC(=O)CCCCCCCCC(C)C. The molecule has 0 heterocycles. The summed E-state index contributed by atoms with van der Waals surface area (Å²) in [7, 11) is 0.